The van der Waals surface area contributed by atoms with Crippen LogP contribution in [0.1, 0.15) is 74.3 Å². The van der Waals surface area contributed by atoms with Crippen molar-refractivity contribution in [2.24, 2.45) is 11.8 Å². The molecule has 0 spiro atoms. The van der Waals surface area contributed by atoms with Crippen molar-refractivity contribution in [2.45, 2.75) is 83.4 Å². The number of anilines is 1. The molecule has 2 aliphatic rings. The molecular weight excluding hydrogens is 651 g/mol. The van der Waals surface area contributed by atoms with Gasteiger partial charge in [0.2, 0.25) is 0 Å². The van der Waals surface area contributed by atoms with E-state index in [9.17, 15) is 49.1 Å². The van der Waals surface area contributed by atoms with Crippen molar-refractivity contribution in [3.63, 3.8) is 0 Å². The summed E-state index contributed by atoms with van der Waals surface area (Å²) in [7, 11) is 0. The third kappa shape index (κ3) is 9.15. The van der Waals surface area contributed by atoms with Gasteiger partial charge in [0.15, 0.2) is 0 Å². The minimum atomic E-state index is -5.13. The smallest absolute Gasteiger partial charge is 0.481 e. The maximum absolute atomic E-state index is 13.5. The lowest BCUT2D eigenvalue weighted by atomic mass is 9.80. The molecular formula is C31H33F9N2O5. The summed E-state index contributed by atoms with van der Waals surface area (Å²) in [5, 5.41) is 9.10. The van der Waals surface area contributed by atoms with Gasteiger partial charge in [-0.15, -0.1) is 13.2 Å². The van der Waals surface area contributed by atoms with E-state index in [1.54, 1.807) is 0 Å². The number of cyclic esters (lactones) is 1. The van der Waals surface area contributed by atoms with E-state index in [1.165, 1.54) is 13.0 Å². The topological polar surface area (TPSA) is 79.3 Å². The molecule has 2 atom stereocenters. The zero-order valence-corrected chi connectivity index (χ0v) is 25.3. The highest BCUT2D eigenvalue weighted by atomic mass is 19.4. The van der Waals surface area contributed by atoms with Gasteiger partial charge in [0.1, 0.15) is 11.9 Å². The van der Waals surface area contributed by atoms with Crippen LogP contribution in [0.25, 0.3) is 0 Å². The van der Waals surface area contributed by atoms with Crippen molar-refractivity contribution in [2.75, 3.05) is 18.0 Å². The Kier molecular flexibility index (Phi) is 10.5. The van der Waals surface area contributed by atoms with Gasteiger partial charge in [-0.25, -0.2) is 4.79 Å². The van der Waals surface area contributed by atoms with E-state index in [1.807, 2.05) is 11.8 Å². The van der Waals surface area contributed by atoms with Crippen LogP contribution < -0.4 is 9.64 Å². The van der Waals surface area contributed by atoms with Gasteiger partial charge < -0.3 is 19.5 Å². The van der Waals surface area contributed by atoms with Crippen LogP contribution in [0.2, 0.25) is 0 Å². The summed E-state index contributed by atoms with van der Waals surface area (Å²) in [6.07, 6.45) is -15.0. The summed E-state index contributed by atoms with van der Waals surface area (Å²) in [6, 6.07) is 3.36. The molecule has 2 aromatic rings. The number of nitrogens with zero attached hydrogens (tertiary/aromatic N) is 2. The fourth-order valence-electron chi connectivity index (χ4n) is 6.26. The molecule has 1 heterocycles. The first-order valence-electron chi connectivity index (χ1n) is 14.9. The van der Waals surface area contributed by atoms with Crippen molar-refractivity contribution in [3.05, 3.63) is 58.7 Å². The first-order valence-corrected chi connectivity index (χ1v) is 14.9. The molecule has 2 fully saturated rings. The molecule has 4 rings (SSSR count). The van der Waals surface area contributed by atoms with Gasteiger partial charge in [0, 0.05) is 25.2 Å². The number of halogens is 9. The number of alkyl halides is 9. The molecule has 1 saturated heterocycles. The number of rotatable bonds is 10. The van der Waals surface area contributed by atoms with E-state index in [0.717, 1.165) is 29.9 Å². The highest BCUT2D eigenvalue weighted by molar-refractivity contribution is 5.72. The van der Waals surface area contributed by atoms with Gasteiger partial charge in [-0.3, -0.25) is 9.69 Å². The number of hydrogen-bond donors (Lipinski definition) is 1. The molecule has 0 radical (unpaired) electrons. The maximum Gasteiger partial charge on any atom is 0.573 e. The third-order valence-electron chi connectivity index (χ3n) is 8.59. The van der Waals surface area contributed by atoms with Crippen LogP contribution in [-0.4, -0.2) is 47.6 Å². The zero-order valence-electron chi connectivity index (χ0n) is 25.3. The van der Waals surface area contributed by atoms with Crippen LogP contribution in [0, 0.1) is 11.8 Å². The fraction of sp³-hybridized carbons (Fsp3) is 0.548. The van der Waals surface area contributed by atoms with Gasteiger partial charge in [0.25, 0.3) is 0 Å². The number of carboxylic acid groups (broad SMARTS) is 1. The van der Waals surface area contributed by atoms with Gasteiger partial charge in [-0.2, -0.15) is 26.3 Å². The summed E-state index contributed by atoms with van der Waals surface area (Å²) in [6.45, 7) is 3.64. The number of aliphatic carboxylic acids is 1. The summed E-state index contributed by atoms with van der Waals surface area (Å²) >= 11 is 0. The number of carbonyl (C=O) groups excluding carboxylic acids is 1. The Morgan fingerprint density at radius 2 is 1.51 bits per heavy atom. The molecule has 1 N–H and O–H groups in total. The second kappa shape index (κ2) is 13.7. The standard InChI is InChI=1S/C31H33F9N2O5/c1-3-41(15-19-6-4-18(5-7-19)10-26(43)44)25-9-8-24(47-31(38,39)40)13-21(25)16-42-17(2)27(46-28(42)45)20-11-22(29(32,33)34)14-23(12-20)30(35,36)37/h8-9,11-14,17-19,27H,3-7,10,15-16H2,1-2H3,(H,43,44)/t17-,18-,19-,27-/m0/s1. The Labute approximate surface area is 264 Å². The average Bonchev–Trinajstić information content (AvgIpc) is 3.23. The van der Waals surface area contributed by atoms with Gasteiger partial charge in [-0.05, 0) is 98.9 Å². The largest absolute Gasteiger partial charge is 0.573 e. The third-order valence-corrected chi connectivity index (χ3v) is 8.59. The Morgan fingerprint density at radius 3 is 2.02 bits per heavy atom. The van der Waals surface area contributed by atoms with E-state index in [0.29, 0.717) is 43.8 Å². The van der Waals surface area contributed by atoms with E-state index in [-0.39, 0.29) is 29.9 Å². The van der Waals surface area contributed by atoms with Crippen molar-refractivity contribution < 1.29 is 63.7 Å². The highest BCUT2D eigenvalue weighted by Gasteiger charge is 2.44. The predicted molar refractivity (Wildman–Crippen MR) is 149 cm³/mol. The summed E-state index contributed by atoms with van der Waals surface area (Å²) < 4.78 is 130. The molecule has 47 heavy (non-hydrogen) atoms. The van der Waals surface area contributed by atoms with Crippen LogP contribution in [0.5, 0.6) is 5.75 Å². The van der Waals surface area contributed by atoms with Crippen LogP contribution >= 0.6 is 0 Å². The van der Waals surface area contributed by atoms with Crippen molar-refractivity contribution in [1.82, 2.24) is 4.90 Å². The minimum Gasteiger partial charge on any atom is -0.481 e. The summed E-state index contributed by atoms with van der Waals surface area (Å²) in [4.78, 5) is 27.0. The molecule has 0 unspecified atom stereocenters. The number of amides is 1. The normalized spacial score (nSPS) is 22.3. The minimum absolute atomic E-state index is 0.0426. The van der Waals surface area contributed by atoms with Crippen molar-refractivity contribution in [3.8, 4) is 5.75 Å². The molecule has 1 amide bonds. The number of carbonyl (C=O) groups is 2. The number of carboxylic acids is 1. The Hall–Kier alpha value is -3.85. The Balaban J connectivity index is 1.63. The van der Waals surface area contributed by atoms with E-state index >= 15 is 0 Å². The molecule has 16 heteroatoms. The Bertz CT molecular complexity index is 1400. The van der Waals surface area contributed by atoms with Gasteiger partial charge >= 0.3 is 30.8 Å². The van der Waals surface area contributed by atoms with Crippen molar-refractivity contribution >= 4 is 17.7 Å². The summed E-state index contributed by atoms with van der Waals surface area (Å²) in [5.74, 6) is -1.28. The number of hydrogen-bond acceptors (Lipinski definition) is 5. The maximum atomic E-state index is 13.5. The Morgan fingerprint density at radius 1 is 0.936 bits per heavy atom. The van der Waals surface area contributed by atoms with E-state index in [4.69, 9.17) is 9.84 Å². The lowest BCUT2D eigenvalue weighted by molar-refractivity contribution is -0.274. The molecule has 2 aromatic carbocycles. The predicted octanol–water partition coefficient (Wildman–Crippen LogP) is 8.81. The second-order valence-corrected chi connectivity index (χ2v) is 11.9. The van der Waals surface area contributed by atoms with Crippen LogP contribution in [0.4, 0.5) is 50.0 Å². The quantitative estimate of drug-likeness (QED) is 0.252. The van der Waals surface area contributed by atoms with Crippen LogP contribution in [-0.2, 0) is 28.4 Å². The van der Waals surface area contributed by atoms with E-state index in [2.05, 4.69) is 4.74 Å². The number of benzene rings is 2. The van der Waals surface area contributed by atoms with Gasteiger partial charge in [-0.1, -0.05) is 0 Å². The molecule has 1 aliphatic carbocycles. The average molecular weight is 685 g/mol. The monoisotopic (exact) mass is 684 g/mol. The lowest BCUT2D eigenvalue weighted by Crippen LogP contribution is -2.35. The highest BCUT2D eigenvalue weighted by Crippen LogP contribution is 2.42. The van der Waals surface area contributed by atoms with Gasteiger partial charge in [0.05, 0.1) is 23.7 Å². The SMILES string of the molecule is CCN(C[C@H]1CC[C@H](CC(=O)O)CC1)c1ccc(OC(F)(F)F)cc1CN1C(=O)O[C@H](c2cc(C(F)(F)F)cc(C(F)(F)F)c2)[C@@H]1C. The molecule has 0 aromatic heterocycles. The first-order chi connectivity index (χ1) is 21.7. The first kappa shape index (κ1) is 36.0. The molecule has 260 valence electrons. The fourth-order valence-corrected chi connectivity index (χ4v) is 6.26. The molecule has 1 saturated carbocycles. The molecule has 7 nitrogen and oxygen atoms in total. The van der Waals surface area contributed by atoms with Crippen LogP contribution in [0.3, 0.4) is 0 Å². The van der Waals surface area contributed by atoms with Crippen LogP contribution in [0.15, 0.2) is 36.4 Å². The van der Waals surface area contributed by atoms with E-state index < -0.39 is 71.9 Å². The molecule has 0 bridgehead atoms. The second-order valence-electron chi connectivity index (χ2n) is 11.9. The molecule has 1 aliphatic heterocycles. The van der Waals surface area contributed by atoms with Crippen molar-refractivity contribution in [1.29, 1.82) is 0 Å². The zero-order chi connectivity index (χ0) is 34.9. The summed E-state index contributed by atoms with van der Waals surface area (Å²) in [5.41, 5.74) is -3.09. The number of ether oxygens (including phenoxy) is 2. The lowest BCUT2D eigenvalue weighted by Gasteiger charge is -2.34.